The second-order valence-corrected chi connectivity index (χ2v) is 6.70. The second kappa shape index (κ2) is 4.24. The van der Waals surface area contributed by atoms with Gasteiger partial charge in [0.25, 0.3) is 0 Å². The fourth-order valence-electron chi connectivity index (χ4n) is 4.84. The van der Waals surface area contributed by atoms with Gasteiger partial charge >= 0.3 is 5.97 Å². The molecule has 0 spiro atoms. The number of allylic oxidation sites excluding steroid dienone is 1. The molecule has 0 amide bonds. The summed E-state index contributed by atoms with van der Waals surface area (Å²) in [7, 11) is 1.43. The molecular formula is C16H22N2O3. The Bertz CT molecular complexity index is 556. The third-order valence-corrected chi connectivity index (χ3v) is 5.84. The van der Waals surface area contributed by atoms with Gasteiger partial charge in [0.2, 0.25) is 0 Å². The lowest BCUT2D eigenvalue weighted by molar-refractivity contribution is -0.152. The number of hydrogen-bond acceptors (Lipinski definition) is 5. The maximum atomic E-state index is 12.9. The fraction of sp³-hybridized carbons (Fsp3) is 0.750. The van der Waals surface area contributed by atoms with E-state index in [0.29, 0.717) is 0 Å². The molecule has 0 aromatic heterocycles. The minimum atomic E-state index is -0.715. The van der Waals surface area contributed by atoms with E-state index in [9.17, 15) is 9.59 Å². The van der Waals surface area contributed by atoms with Gasteiger partial charge in [-0.15, -0.1) is 0 Å². The van der Waals surface area contributed by atoms with Gasteiger partial charge < -0.3 is 14.5 Å². The van der Waals surface area contributed by atoms with Crippen LogP contribution in [0.5, 0.6) is 0 Å². The lowest BCUT2D eigenvalue weighted by Crippen LogP contribution is -2.57. The van der Waals surface area contributed by atoms with Crippen molar-refractivity contribution in [3.8, 4) is 0 Å². The predicted molar refractivity (Wildman–Crippen MR) is 76.2 cm³/mol. The maximum absolute atomic E-state index is 12.9. The van der Waals surface area contributed by atoms with Crippen LogP contribution in [0.1, 0.15) is 32.6 Å². The Morgan fingerprint density at radius 2 is 2.00 bits per heavy atom. The monoisotopic (exact) mass is 290 g/mol. The highest BCUT2D eigenvalue weighted by Gasteiger charge is 2.77. The smallest absolute Gasteiger partial charge is 0.332 e. The van der Waals surface area contributed by atoms with E-state index in [1.165, 1.54) is 7.11 Å². The number of ketones is 1. The number of carbonyl (C=O) groups excluding carboxylic acids is 2. The van der Waals surface area contributed by atoms with E-state index < -0.39 is 5.54 Å². The normalized spacial score (nSPS) is 37.7. The summed E-state index contributed by atoms with van der Waals surface area (Å²) < 4.78 is 5.08. The fourth-order valence-corrected chi connectivity index (χ4v) is 4.84. The molecule has 114 valence electrons. The van der Waals surface area contributed by atoms with Crippen molar-refractivity contribution in [1.29, 1.82) is 0 Å². The molecule has 3 heterocycles. The molecule has 1 saturated heterocycles. The Morgan fingerprint density at radius 1 is 1.24 bits per heavy atom. The summed E-state index contributed by atoms with van der Waals surface area (Å²) >= 11 is 0. The summed E-state index contributed by atoms with van der Waals surface area (Å²) in [5, 5.41) is 0. The first-order chi connectivity index (χ1) is 10.1. The van der Waals surface area contributed by atoms with Crippen molar-refractivity contribution < 1.29 is 14.3 Å². The molecule has 3 aliphatic heterocycles. The number of rotatable bonds is 1. The molecule has 5 heteroatoms. The van der Waals surface area contributed by atoms with E-state index in [2.05, 4.69) is 9.80 Å². The first-order valence-corrected chi connectivity index (χ1v) is 8.02. The molecule has 0 radical (unpaired) electrons. The Morgan fingerprint density at radius 3 is 2.76 bits per heavy atom. The molecule has 4 aliphatic rings. The molecule has 2 fully saturated rings. The SMILES string of the molecule is COC(=O)[C@@]12[C@@H](C)[C@@H]1C(=O)C1=C3N(CCCC1)CCCN32. The van der Waals surface area contributed by atoms with Crippen molar-refractivity contribution in [1.82, 2.24) is 9.80 Å². The first-order valence-electron chi connectivity index (χ1n) is 8.02. The summed E-state index contributed by atoms with van der Waals surface area (Å²) in [4.78, 5) is 29.9. The van der Waals surface area contributed by atoms with Crippen LogP contribution in [0.3, 0.4) is 0 Å². The lowest BCUT2D eigenvalue weighted by atomic mass is 9.93. The zero-order valence-corrected chi connectivity index (χ0v) is 12.7. The largest absolute Gasteiger partial charge is 0.467 e. The van der Waals surface area contributed by atoms with Gasteiger partial charge in [-0.2, -0.15) is 0 Å². The van der Waals surface area contributed by atoms with E-state index in [1.54, 1.807) is 0 Å². The van der Waals surface area contributed by atoms with E-state index in [1.807, 2.05) is 6.92 Å². The van der Waals surface area contributed by atoms with Crippen LogP contribution in [-0.4, -0.2) is 53.8 Å². The minimum absolute atomic E-state index is 0.0596. The summed E-state index contributed by atoms with van der Waals surface area (Å²) in [5.41, 5.74) is 0.259. The number of esters is 1. The van der Waals surface area contributed by atoms with Crippen LogP contribution in [0.15, 0.2) is 11.4 Å². The number of nitrogens with zero attached hydrogens (tertiary/aromatic N) is 2. The average molecular weight is 290 g/mol. The number of hydrogen-bond donors (Lipinski definition) is 0. The van der Waals surface area contributed by atoms with Gasteiger partial charge in [0.15, 0.2) is 11.3 Å². The van der Waals surface area contributed by atoms with Crippen molar-refractivity contribution in [3.63, 3.8) is 0 Å². The van der Waals surface area contributed by atoms with Gasteiger partial charge in [-0.25, -0.2) is 4.79 Å². The van der Waals surface area contributed by atoms with Crippen molar-refractivity contribution in [2.75, 3.05) is 26.7 Å². The lowest BCUT2D eigenvalue weighted by Gasteiger charge is -2.47. The van der Waals surface area contributed by atoms with E-state index in [0.717, 1.165) is 56.7 Å². The summed E-state index contributed by atoms with van der Waals surface area (Å²) in [5.74, 6) is 0.889. The van der Waals surface area contributed by atoms with Crippen LogP contribution in [0, 0.1) is 11.8 Å². The van der Waals surface area contributed by atoms with Crippen LogP contribution >= 0.6 is 0 Å². The molecule has 4 rings (SSSR count). The van der Waals surface area contributed by atoms with Gasteiger partial charge in [0.05, 0.1) is 13.0 Å². The predicted octanol–water partition coefficient (Wildman–Crippen LogP) is 1.15. The molecule has 0 unspecified atom stereocenters. The van der Waals surface area contributed by atoms with Crippen molar-refractivity contribution in [3.05, 3.63) is 11.4 Å². The Labute approximate surface area is 124 Å². The summed E-state index contributed by atoms with van der Waals surface area (Å²) in [6, 6.07) is 0. The molecule has 5 nitrogen and oxygen atoms in total. The number of Topliss-reactive ketones (excluding diaryl/α,β-unsaturated/α-hetero) is 1. The number of carbonyl (C=O) groups is 2. The topological polar surface area (TPSA) is 49.9 Å². The molecule has 0 aromatic rings. The van der Waals surface area contributed by atoms with E-state index in [4.69, 9.17) is 4.74 Å². The van der Waals surface area contributed by atoms with Gasteiger partial charge in [-0.3, -0.25) is 4.79 Å². The number of ether oxygens (including phenoxy) is 1. The molecule has 1 aliphatic carbocycles. The number of methoxy groups -OCH3 is 1. The van der Waals surface area contributed by atoms with Crippen LogP contribution < -0.4 is 0 Å². The second-order valence-electron chi connectivity index (χ2n) is 6.70. The molecular weight excluding hydrogens is 268 g/mol. The highest BCUT2D eigenvalue weighted by molar-refractivity contribution is 6.08. The van der Waals surface area contributed by atoms with Crippen LogP contribution in [0.25, 0.3) is 0 Å². The molecule has 0 N–H and O–H groups in total. The molecule has 1 saturated carbocycles. The molecule has 0 aromatic carbocycles. The highest BCUT2D eigenvalue weighted by atomic mass is 16.5. The van der Waals surface area contributed by atoms with E-state index >= 15 is 0 Å². The van der Waals surface area contributed by atoms with Gasteiger partial charge in [0.1, 0.15) is 5.82 Å². The van der Waals surface area contributed by atoms with Gasteiger partial charge in [-0.1, -0.05) is 6.92 Å². The Kier molecular flexibility index (Phi) is 2.66. The van der Waals surface area contributed by atoms with Gasteiger partial charge in [0, 0.05) is 31.1 Å². The van der Waals surface area contributed by atoms with Crippen molar-refractivity contribution in [2.45, 2.75) is 38.1 Å². The number of fused-ring (bicyclic) bond motifs is 2. The molecule has 3 atom stereocenters. The summed E-state index contributed by atoms with van der Waals surface area (Å²) in [6.07, 6.45) is 4.10. The quantitative estimate of drug-likeness (QED) is 0.678. The Hall–Kier alpha value is -1.52. The van der Waals surface area contributed by atoms with Crippen molar-refractivity contribution >= 4 is 11.8 Å². The third kappa shape index (κ3) is 1.42. The Balaban J connectivity index is 1.86. The van der Waals surface area contributed by atoms with Crippen LogP contribution in [-0.2, 0) is 14.3 Å². The maximum Gasteiger partial charge on any atom is 0.332 e. The third-order valence-electron chi connectivity index (χ3n) is 5.84. The van der Waals surface area contributed by atoms with Crippen LogP contribution in [0.2, 0.25) is 0 Å². The zero-order chi connectivity index (χ0) is 14.8. The molecule has 21 heavy (non-hydrogen) atoms. The van der Waals surface area contributed by atoms with Gasteiger partial charge in [-0.05, 0) is 25.7 Å². The van der Waals surface area contributed by atoms with E-state index in [-0.39, 0.29) is 23.6 Å². The molecule has 0 bridgehead atoms. The first kappa shape index (κ1) is 13.2. The minimum Gasteiger partial charge on any atom is -0.467 e. The highest BCUT2D eigenvalue weighted by Crippen LogP contribution is 2.62. The standard InChI is InChI=1S/C16H22N2O3/c1-10-12-13(19)11-6-3-4-7-17-8-5-9-18(14(11)17)16(10,12)15(20)21-2/h10,12H,3-9H2,1-2H3/t10-,12+,16+/m0/s1. The zero-order valence-electron chi connectivity index (χ0n) is 12.7. The van der Waals surface area contributed by atoms with Crippen LogP contribution in [0.4, 0.5) is 0 Å². The van der Waals surface area contributed by atoms with Crippen molar-refractivity contribution in [2.24, 2.45) is 11.8 Å². The average Bonchev–Trinajstić information content (AvgIpc) is 3.18. The summed E-state index contributed by atoms with van der Waals surface area (Å²) in [6.45, 7) is 4.88.